The van der Waals surface area contributed by atoms with Crippen LogP contribution in [-0.4, -0.2) is 6.54 Å². The van der Waals surface area contributed by atoms with Gasteiger partial charge in [-0.15, -0.1) is 0 Å². The van der Waals surface area contributed by atoms with E-state index < -0.39 is 0 Å². The Labute approximate surface area is 111 Å². The van der Waals surface area contributed by atoms with Crippen molar-refractivity contribution in [2.24, 2.45) is 5.92 Å². The first kappa shape index (κ1) is 13.7. The Balaban J connectivity index is 2.02. The van der Waals surface area contributed by atoms with Gasteiger partial charge in [0.15, 0.2) is 0 Å². The van der Waals surface area contributed by atoms with E-state index in [1.54, 1.807) is 0 Å². The maximum Gasteiger partial charge on any atom is 0.121 e. The number of rotatable bonds is 5. The molecule has 1 unspecified atom stereocenters. The second-order valence-electron chi connectivity index (χ2n) is 5.74. The van der Waals surface area contributed by atoms with Crippen LogP contribution in [0.4, 0.5) is 0 Å². The minimum absolute atomic E-state index is 0.408. The standard InChI is InChI=1S/C16H27NO/c1-4-17-15(11-14-8-6-5-7-9-14)16-10-12(2)13(3)18-16/h10,14-15,17H,4-9,11H2,1-3H3. The molecule has 0 radical (unpaired) electrons. The quantitative estimate of drug-likeness (QED) is 0.830. The summed E-state index contributed by atoms with van der Waals surface area (Å²) in [5.74, 6) is 3.09. The van der Waals surface area contributed by atoms with Gasteiger partial charge in [-0.1, -0.05) is 39.0 Å². The van der Waals surface area contributed by atoms with E-state index in [1.165, 1.54) is 44.1 Å². The Kier molecular flexibility index (Phi) is 4.87. The van der Waals surface area contributed by atoms with Gasteiger partial charge >= 0.3 is 0 Å². The van der Waals surface area contributed by atoms with E-state index in [0.717, 1.165) is 24.0 Å². The van der Waals surface area contributed by atoms with Crippen molar-refractivity contribution in [2.45, 2.75) is 65.3 Å². The van der Waals surface area contributed by atoms with E-state index in [4.69, 9.17) is 4.42 Å². The molecular weight excluding hydrogens is 222 g/mol. The second-order valence-corrected chi connectivity index (χ2v) is 5.74. The molecule has 0 aliphatic heterocycles. The van der Waals surface area contributed by atoms with E-state index in [9.17, 15) is 0 Å². The molecule has 0 aromatic carbocycles. The number of aryl methyl sites for hydroxylation is 2. The van der Waals surface area contributed by atoms with Crippen LogP contribution < -0.4 is 5.32 Å². The van der Waals surface area contributed by atoms with Gasteiger partial charge in [0.2, 0.25) is 0 Å². The molecule has 1 aliphatic rings. The zero-order valence-electron chi connectivity index (χ0n) is 12.1. The lowest BCUT2D eigenvalue weighted by Gasteiger charge is -2.26. The molecule has 1 aliphatic carbocycles. The highest BCUT2D eigenvalue weighted by Crippen LogP contribution is 2.33. The third-order valence-electron chi connectivity index (χ3n) is 4.27. The Morgan fingerprint density at radius 1 is 1.28 bits per heavy atom. The molecule has 0 spiro atoms. The van der Waals surface area contributed by atoms with Gasteiger partial charge in [-0.25, -0.2) is 0 Å². The van der Waals surface area contributed by atoms with E-state index in [1.807, 2.05) is 0 Å². The zero-order valence-corrected chi connectivity index (χ0v) is 12.1. The minimum Gasteiger partial charge on any atom is -0.464 e. The Hall–Kier alpha value is -0.760. The van der Waals surface area contributed by atoms with E-state index in [0.29, 0.717) is 6.04 Å². The molecule has 1 N–H and O–H groups in total. The smallest absolute Gasteiger partial charge is 0.121 e. The average molecular weight is 249 g/mol. The molecule has 102 valence electrons. The second kappa shape index (κ2) is 6.42. The highest BCUT2D eigenvalue weighted by atomic mass is 16.3. The Bertz CT molecular complexity index is 344. The largest absolute Gasteiger partial charge is 0.464 e. The molecule has 1 atom stereocenters. The van der Waals surface area contributed by atoms with Crippen LogP contribution in [0.5, 0.6) is 0 Å². The number of nitrogens with one attached hydrogen (secondary N) is 1. The third-order valence-corrected chi connectivity index (χ3v) is 4.27. The van der Waals surface area contributed by atoms with Crippen LogP contribution in [0.15, 0.2) is 10.5 Å². The van der Waals surface area contributed by atoms with E-state index in [2.05, 4.69) is 32.2 Å². The third kappa shape index (κ3) is 3.38. The van der Waals surface area contributed by atoms with Gasteiger partial charge in [0.05, 0.1) is 6.04 Å². The summed E-state index contributed by atoms with van der Waals surface area (Å²) in [5.41, 5.74) is 1.27. The van der Waals surface area contributed by atoms with Crippen molar-refractivity contribution in [1.29, 1.82) is 0 Å². The average Bonchev–Trinajstić information content (AvgIpc) is 2.70. The van der Waals surface area contributed by atoms with Crippen LogP contribution in [0.1, 0.15) is 68.6 Å². The first-order valence-corrected chi connectivity index (χ1v) is 7.51. The molecule has 0 bridgehead atoms. The predicted molar refractivity (Wildman–Crippen MR) is 75.8 cm³/mol. The lowest BCUT2D eigenvalue weighted by atomic mass is 9.84. The summed E-state index contributed by atoms with van der Waals surface area (Å²) in [4.78, 5) is 0. The van der Waals surface area contributed by atoms with Crippen LogP contribution in [0, 0.1) is 19.8 Å². The maximum absolute atomic E-state index is 5.91. The normalized spacial score (nSPS) is 19.1. The van der Waals surface area contributed by atoms with Crippen LogP contribution in [0.2, 0.25) is 0 Å². The molecule has 0 amide bonds. The molecule has 1 fully saturated rings. The number of hydrogen-bond acceptors (Lipinski definition) is 2. The Morgan fingerprint density at radius 3 is 2.56 bits per heavy atom. The summed E-state index contributed by atoms with van der Waals surface area (Å²) in [6, 6.07) is 2.62. The minimum atomic E-state index is 0.408. The lowest BCUT2D eigenvalue weighted by Crippen LogP contribution is -2.24. The highest BCUT2D eigenvalue weighted by Gasteiger charge is 2.22. The SMILES string of the molecule is CCNC(CC1CCCCC1)c1cc(C)c(C)o1. The molecule has 2 nitrogen and oxygen atoms in total. The summed E-state index contributed by atoms with van der Waals surface area (Å²) in [7, 11) is 0. The van der Waals surface area contributed by atoms with Crippen molar-refractivity contribution in [3.05, 3.63) is 23.2 Å². The highest BCUT2D eigenvalue weighted by molar-refractivity contribution is 5.20. The van der Waals surface area contributed by atoms with Crippen LogP contribution in [0.25, 0.3) is 0 Å². The molecular formula is C16H27NO. The summed E-state index contributed by atoms with van der Waals surface area (Å²) in [6.45, 7) is 7.38. The van der Waals surface area contributed by atoms with Crippen molar-refractivity contribution in [3.8, 4) is 0 Å². The van der Waals surface area contributed by atoms with Gasteiger partial charge in [-0.2, -0.15) is 0 Å². The van der Waals surface area contributed by atoms with Gasteiger partial charge in [0, 0.05) is 0 Å². The van der Waals surface area contributed by atoms with E-state index in [-0.39, 0.29) is 0 Å². The first-order chi connectivity index (χ1) is 8.70. The van der Waals surface area contributed by atoms with Crippen molar-refractivity contribution in [1.82, 2.24) is 5.32 Å². The monoisotopic (exact) mass is 249 g/mol. The molecule has 0 saturated heterocycles. The molecule has 2 heteroatoms. The molecule has 1 aromatic rings. The van der Waals surface area contributed by atoms with Crippen molar-refractivity contribution in [2.75, 3.05) is 6.54 Å². The first-order valence-electron chi connectivity index (χ1n) is 7.51. The summed E-state index contributed by atoms with van der Waals surface area (Å²) in [5, 5.41) is 3.59. The van der Waals surface area contributed by atoms with Crippen LogP contribution >= 0.6 is 0 Å². The summed E-state index contributed by atoms with van der Waals surface area (Å²) >= 11 is 0. The predicted octanol–water partition coefficient (Wildman–Crippen LogP) is 4.52. The zero-order chi connectivity index (χ0) is 13.0. The molecule has 1 aromatic heterocycles. The van der Waals surface area contributed by atoms with Crippen LogP contribution in [0.3, 0.4) is 0 Å². The van der Waals surface area contributed by atoms with Gasteiger partial charge in [-0.3, -0.25) is 0 Å². The van der Waals surface area contributed by atoms with Crippen molar-refractivity contribution < 1.29 is 4.42 Å². The lowest BCUT2D eigenvalue weighted by molar-refractivity contribution is 0.280. The molecule has 2 rings (SSSR count). The van der Waals surface area contributed by atoms with Gasteiger partial charge < -0.3 is 9.73 Å². The van der Waals surface area contributed by atoms with Gasteiger partial charge in [0.25, 0.3) is 0 Å². The number of hydrogen-bond donors (Lipinski definition) is 1. The van der Waals surface area contributed by atoms with Crippen molar-refractivity contribution in [3.63, 3.8) is 0 Å². The van der Waals surface area contributed by atoms with E-state index >= 15 is 0 Å². The fourth-order valence-corrected chi connectivity index (χ4v) is 3.08. The number of furan rings is 1. The fourth-order valence-electron chi connectivity index (χ4n) is 3.08. The molecule has 18 heavy (non-hydrogen) atoms. The Morgan fingerprint density at radius 2 is 2.00 bits per heavy atom. The topological polar surface area (TPSA) is 25.2 Å². The van der Waals surface area contributed by atoms with Gasteiger partial charge in [0.1, 0.15) is 11.5 Å². The maximum atomic E-state index is 5.91. The summed E-state index contributed by atoms with van der Waals surface area (Å²) in [6.07, 6.45) is 8.31. The summed E-state index contributed by atoms with van der Waals surface area (Å²) < 4.78 is 5.91. The molecule has 1 saturated carbocycles. The van der Waals surface area contributed by atoms with Crippen molar-refractivity contribution >= 4 is 0 Å². The molecule has 1 heterocycles. The van der Waals surface area contributed by atoms with Crippen LogP contribution in [-0.2, 0) is 0 Å². The fraction of sp³-hybridized carbons (Fsp3) is 0.750. The van der Waals surface area contributed by atoms with Gasteiger partial charge in [-0.05, 0) is 44.4 Å².